The number of anilines is 3. The van der Waals surface area contributed by atoms with Gasteiger partial charge in [-0.05, 0) is 49.2 Å². The molecule has 4 rings (SSSR count). The largest absolute Gasteiger partial charge is 0.321 e. The van der Waals surface area contributed by atoms with E-state index in [-0.39, 0.29) is 17.6 Å². The lowest BCUT2D eigenvalue weighted by atomic mass is 10.1. The van der Waals surface area contributed by atoms with E-state index in [2.05, 4.69) is 33.2 Å². The van der Waals surface area contributed by atoms with Crippen LogP contribution in [0.15, 0.2) is 54.7 Å². The number of fused-ring (bicyclic) bond motifs is 1. The highest BCUT2D eigenvalue weighted by Crippen LogP contribution is 2.36. The lowest BCUT2D eigenvalue weighted by Crippen LogP contribution is -2.26. The Morgan fingerprint density at radius 1 is 1.15 bits per heavy atom. The van der Waals surface area contributed by atoms with E-state index in [1.54, 1.807) is 30.5 Å². The average molecular weight is 399 g/mol. The fraction of sp³-hybridized carbons (Fsp3) is 0.150. The van der Waals surface area contributed by atoms with Crippen LogP contribution in [0.25, 0.3) is 0 Å². The summed E-state index contributed by atoms with van der Waals surface area (Å²) in [5.41, 5.74) is 3.10. The van der Waals surface area contributed by atoms with Crippen molar-refractivity contribution in [3.63, 3.8) is 0 Å². The van der Waals surface area contributed by atoms with Crippen LogP contribution in [0.2, 0.25) is 10.0 Å². The molecule has 1 N–H and O–H groups in total. The number of rotatable bonds is 3. The molecule has 3 aromatic rings. The molecule has 5 nitrogen and oxygen atoms in total. The Morgan fingerprint density at radius 3 is 2.67 bits per heavy atom. The van der Waals surface area contributed by atoms with Gasteiger partial charge in [-0.2, -0.15) is 0 Å². The van der Waals surface area contributed by atoms with Gasteiger partial charge in [-0.3, -0.25) is 4.79 Å². The van der Waals surface area contributed by atoms with Crippen LogP contribution in [-0.2, 0) is 6.42 Å². The van der Waals surface area contributed by atoms with Crippen molar-refractivity contribution in [3.05, 3.63) is 76.0 Å². The first-order chi connectivity index (χ1) is 13.0. The molecule has 1 aromatic heterocycles. The van der Waals surface area contributed by atoms with E-state index >= 15 is 0 Å². The molecule has 0 saturated carbocycles. The van der Waals surface area contributed by atoms with Crippen LogP contribution >= 0.6 is 23.2 Å². The first kappa shape index (κ1) is 17.8. The molecule has 0 aliphatic carbocycles. The smallest absolute Gasteiger partial charge is 0.274 e. The van der Waals surface area contributed by atoms with Crippen molar-refractivity contribution in [3.8, 4) is 0 Å². The fourth-order valence-corrected chi connectivity index (χ4v) is 3.81. The Bertz CT molecular complexity index is 1000. The SMILES string of the molecule is CC1Cc2ccccc2N1c1nccc(C(=O)Nc2cc(Cl)cc(Cl)c2)n1. The number of hydrogen-bond donors (Lipinski definition) is 1. The quantitative estimate of drug-likeness (QED) is 0.664. The third-order valence-electron chi connectivity index (χ3n) is 4.42. The second-order valence-electron chi connectivity index (χ2n) is 6.41. The van der Waals surface area contributed by atoms with Gasteiger partial charge in [0.25, 0.3) is 5.91 Å². The summed E-state index contributed by atoms with van der Waals surface area (Å²) in [4.78, 5) is 23.5. The van der Waals surface area contributed by atoms with Gasteiger partial charge in [0.15, 0.2) is 0 Å². The third-order valence-corrected chi connectivity index (χ3v) is 4.86. The predicted octanol–water partition coefficient (Wildman–Crippen LogP) is 5.12. The molecule has 7 heteroatoms. The molecule has 0 saturated heterocycles. The number of hydrogen-bond acceptors (Lipinski definition) is 4. The highest BCUT2D eigenvalue weighted by molar-refractivity contribution is 6.35. The highest BCUT2D eigenvalue weighted by atomic mass is 35.5. The van der Waals surface area contributed by atoms with Gasteiger partial charge in [-0.25, -0.2) is 9.97 Å². The van der Waals surface area contributed by atoms with E-state index in [0.29, 0.717) is 21.7 Å². The second kappa shape index (κ2) is 7.18. The lowest BCUT2D eigenvalue weighted by molar-refractivity contribution is 0.102. The van der Waals surface area contributed by atoms with Crippen molar-refractivity contribution in [2.75, 3.05) is 10.2 Å². The first-order valence-electron chi connectivity index (χ1n) is 8.49. The summed E-state index contributed by atoms with van der Waals surface area (Å²) < 4.78 is 0. The number of nitrogens with zero attached hydrogens (tertiary/aromatic N) is 3. The molecule has 0 fully saturated rings. The topological polar surface area (TPSA) is 58.1 Å². The van der Waals surface area contributed by atoms with E-state index in [1.165, 1.54) is 5.56 Å². The van der Waals surface area contributed by atoms with Gasteiger partial charge in [-0.15, -0.1) is 0 Å². The number of carbonyl (C=O) groups excluding carboxylic acids is 1. The molecule has 27 heavy (non-hydrogen) atoms. The second-order valence-corrected chi connectivity index (χ2v) is 7.28. The van der Waals surface area contributed by atoms with Gasteiger partial charge < -0.3 is 10.2 Å². The Labute approximate surface area is 167 Å². The maximum atomic E-state index is 12.6. The number of amides is 1. The van der Waals surface area contributed by atoms with Crippen LogP contribution in [0.4, 0.5) is 17.3 Å². The average Bonchev–Trinajstić information content (AvgIpc) is 2.96. The lowest BCUT2D eigenvalue weighted by Gasteiger charge is -2.22. The molecule has 2 aromatic carbocycles. The molecular weight excluding hydrogens is 383 g/mol. The summed E-state index contributed by atoms with van der Waals surface area (Å²) in [6, 6.07) is 14.8. The third kappa shape index (κ3) is 3.61. The molecule has 0 spiro atoms. The van der Waals surface area contributed by atoms with E-state index in [4.69, 9.17) is 23.2 Å². The Hall–Kier alpha value is -2.63. The van der Waals surface area contributed by atoms with Gasteiger partial charge in [-0.1, -0.05) is 41.4 Å². The van der Waals surface area contributed by atoms with Crippen molar-refractivity contribution < 1.29 is 4.79 Å². The number of nitrogens with one attached hydrogen (secondary N) is 1. The summed E-state index contributed by atoms with van der Waals surface area (Å²) in [5.74, 6) is 0.154. The first-order valence-corrected chi connectivity index (χ1v) is 9.24. The molecule has 1 unspecified atom stereocenters. The van der Waals surface area contributed by atoms with Crippen molar-refractivity contribution in [2.24, 2.45) is 0 Å². The summed E-state index contributed by atoms with van der Waals surface area (Å²) in [5, 5.41) is 3.67. The van der Waals surface area contributed by atoms with Crippen molar-refractivity contribution in [2.45, 2.75) is 19.4 Å². The molecule has 1 amide bonds. The van der Waals surface area contributed by atoms with Crippen LogP contribution < -0.4 is 10.2 Å². The fourth-order valence-electron chi connectivity index (χ4n) is 3.28. The summed E-state index contributed by atoms with van der Waals surface area (Å²) in [6.45, 7) is 2.12. The Balaban J connectivity index is 1.62. The number of aromatic nitrogens is 2. The molecule has 2 heterocycles. The van der Waals surface area contributed by atoms with Crippen LogP contribution in [-0.4, -0.2) is 21.9 Å². The molecule has 1 atom stereocenters. The van der Waals surface area contributed by atoms with Crippen LogP contribution in [0.3, 0.4) is 0 Å². The van der Waals surface area contributed by atoms with E-state index in [9.17, 15) is 4.79 Å². The van der Waals surface area contributed by atoms with Gasteiger partial charge in [0.05, 0.1) is 0 Å². The number of halogens is 2. The zero-order chi connectivity index (χ0) is 19.0. The molecule has 136 valence electrons. The minimum atomic E-state index is -0.350. The van der Waals surface area contributed by atoms with Crippen LogP contribution in [0.1, 0.15) is 23.0 Å². The molecule has 1 aliphatic rings. The maximum Gasteiger partial charge on any atom is 0.274 e. The van der Waals surface area contributed by atoms with Crippen molar-refractivity contribution in [1.29, 1.82) is 0 Å². The molecule has 1 aliphatic heterocycles. The number of carbonyl (C=O) groups is 1. The van der Waals surface area contributed by atoms with Gasteiger partial charge >= 0.3 is 0 Å². The maximum absolute atomic E-state index is 12.6. The van der Waals surface area contributed by atoms with Gasteiger partial charge in [0.1, 0.15) is 5.69 Å². The van der Waals surface area contributed by atoms with Gasteiger partial charge in [0, 0.05) is 33.7 Å². The monoisotopic (exact) mass is 398 g/mol. The van der Waals surface area contributed by atoms with Gasteiger partial charge in [0.2, 0.25) is 5.95 Å². The zero-order valence-corrected chi connectivity index (χ0v) is 16.0. The summed E-state index contributed by atoms with van der Waals surface area (Å²) >= 11 is 12.0. The Morgan fingerprint density at radius 2 is 1.89 bits per heavy atom. The minimum Gasteiger partial charge on any atom is -0.321 e. The summed E-state index contributed by atoms with van der Waals surface area (Å²) in [7, 11) is 0. The van der Waals surface area contributed by atoms with Crippen LogP contribution in [0.5, 0.6) is 0 Å². The van der Waals surface area contributed by atoms with Crippen molar-refractivity contribution >= 4 is 46.4 Å². The normalized spacial score (nSPS) is 15.5. The highest BCUT2D eigenvalue weighted by Gasteiger charge is 2.29. The molecular formula is C20H16Cl2N4O. The zero-order valence-electron chi connectivity index (χ0n) is 14.5. The molecule has 0 bridgehead atoms. The Kier molecular flexibility index (Phi) is 4.72. The standard InChI is InChI=1S/C20H16Cl2N4O/c1-12-8-13-4-2-3-5-18(13)26(12)20-23-7-6-17(25-20)19(27)24-16-10-14(21)9-15(22)11-16/h2-7,9-12H,8H2,1H3,(H,24,27). The number of benzene rings is 2. The van der Waals surface area contributed by atoms with E-state index in [0.717, 1.165) is 12.1 Å². The van der Waals surface area contributed by atoms with Crippen LogP contribution in [0, 0.1) is 0 Å². The molecule has 0 radical (unpaired) electrons. The predicted molar refractivity (Wildman–Crippen MR) is 108 cm³/mol. The van der Waals surface area contributed by atoms with Crippen molar-refractivity contribution in [1.82, 2.24) is 9.97 Å². The summed E-state index contributed by atoms with van der Waals surface area (Å²) in [6.07, 6.45) is 2.51. The number of para-hydroxylation sites is 1. The van der Waals surface area contributed by atoms with E-state index < -0.39 is 0 Å². The van der Waals surface area contributed by atoms with E-state index in [1.807, 2.05) is 18.2 Å². The minimum absolute atomic E-state index is 0.215.